The van der Waals surface area contributed by atoms with E-state index in [0.717, 1.165) is 8.58 Å². The average Bonchev–Trinajstić information content (AvgIpc) is 1.86. The van der Waals surface area contributed by atoms with E-state index in [1.165, 1.54) is 25.4 Å². The third-order valence-electron chi connectivity index (χ3n) is 0.780. The van der Waals surface area contributed by atoms with Crippen LogP contribution in [0.4, 0.5) is 0 Å². The third-order valence-corrected chi connectivity index (χ3v) is 1.63. The second-order valence-corrected chi connectivity index (χ2v) is 3.37. The molecule has 0 heterocycles. The van der Waals surface area contributed by atoms with Crippen molar-refractivity contribution in [3.63, 3.8) is 0 Å². The van der Waals surface area contributed by atoms with E-state index in [2.05, 4.69) is 27.4 Å². The van der Waals surface area contributed by atoms with Crippen LogP contribution in [0.3, 0.4) is 0 Å². The number of hydrogen-bond donors (Lipinski definition) is 0. The van der Waals surface area contributed by atoms with Crippen LogP contribution in [0.15, 0.2) is 0 Å². The molecule has 0 radical (unpaired) electrons. The van der Waals surface area contributed by atoms with Crippen molar-refractivity contribution in [2.24, 2.45) is 0 Å². The van der Waals surface area contributed by atoms with Gasteiger partial charge in [0.15, 0.2) is 0 Å². The Labute approximate surface area is 62.2 Å². The summed E-state index contributed by atoms with van der Waals surface area (Å²) in [5.74, 6) is 0. The Morgan fingerprint density at radius 1 is 1.11 bits per heavy atom. The molecule has 9 heavy (non-hydrogen) atoms. The minimum absolute atomic E-state index is 1.16. The van der Waals surface area contributed by atoms with Gasteiger partial charge in [0, 0.05) is 0 Å². The van der Waals surface area contributed by atoms with Gasteiger partial charge in [0.1, 0.15) is 0 Å². The Kier molecular flexibility index (Phi) is 21.3. The van der Waals surface area contributed by atoms with Crippen molar-refractivity contribution in [3.8, 4) is 0 Å². The lowest BCUT2D eigenvalue weighted by molar-refractivity contribution is 0.895. The Morgan fingerprint density at radius 2 is 1.56 bits per heavy atom. The lowest BCUT2D eigenvalue weighted by Gasteiger charge is -1.86. The zero-order chi connectivity index (χ0) is 7.54. The predicted octanol–water partition coefficient (Wildman–Crippen LogP) is 3.51. The number of unbranched alkanes of at least 4 members (excludes halogenated alkanes) is 1. The lowest BCUT2D eigenvalue weighted by atomic mass is 10.4. The molecule has 0 aromatic rings. The average molecular weight is 148 g/mol. The fourth-order valence-electron chi connectivity index (χ4n) is 0.354. The molecule has 0 aliphatic heterocycles. The topological polar surface area (TPSA) is 0 Å². The van der Waals surface area contributed by atoms with Gasteiger partial charge in [0.25, 0.3) is 0 Å². The van der Waals surface area contributed by atoms with Crippen molar-refractivity contribution >= 4 is 8.58 Å². The SMILES string of the molecule is CCC.CCCCPC. The molecule has 58 valence electrons. The monoisotopic (exact) mass is 148 g/mol. The van der Waals surface area contributed by atoms with E-state index in [9.17, 15) is 0 Å². The molecule has 0 N–H and O–H groups in total. The first-order valence-electron chi connectivity index (χ1n) is 3.97. The molecular weight excluding hydrogens is 127 g/mol. The molecule has 1 unspecified atom stereocenters. The van der Waals surface area contributed by atoms with Crippen LogP contribution >= 0.6 is 8.58 Å². The van der Waals surface area contributed by atoms with Crippen LogP contribution in [-0.2, 0) is 0 Å². The van der Waals surface area contributed by atoms with E-state index in [-0.39, 0.29) is 0 Å². The van der Waals surface area contributed by atoms with Gasteiger partial charge in [-0.05, 0) is 19.2 Å². The summed E-state index contributed by atoms with van der Waals surface area (Å²) in [6, 6.07) is 0. The first kappa shape index (κ1) is 12.1. The maximum absolute atomic E-state index is 2.26. The molecule has 0 aliphatic carbocycles. The highest BCUT2D eigenvalue weighted by atomic mass is 31.1. The Hall–Kier alpha value is 0.430. The lowest BCUT2D eigenvalue weighted by Crippen LogP contribution is -1.69. The van der Waals surface area contributed by atoms with E-state index >= 15 is 0 Å². The summed E-state index contributed by atoms with van der Waals surface area (Å²) in [5, 5.41) is 0. The molecule has 1 heteroatoms. The summed E-state index contributed by atoms with van der Waals surface area (Å²) in [5.41, 5.74) is 0. The molecule has 0 nitrogen and oxygen atoms in total. The normalized spacial score (nSPS) is 9.33. The smallest absolute Gasteiger partial charge is 0.0356 e. The summed E-state index contributed by atoms with van der Waals surface area (Å²) < 4.78 is 0. The largest absolute Gasteiger partial charge is 0.125 e. The van der Waals surface area contributed by atoms with Crippen LogP contribution in [0.1, 0.15) is 40.0 Å². The zero-order valence-electron chi connectivity index (χ0n) is 7.33. The first-order chi connectivity index (χ1) is 4.33. The second-order valence-electron chi connectivity index (χ2n) is 2.16. The minimum Gasteiger partial charge on any atom is -0.125 e. The van der Waals surface area contributed by atoms with Gasteiger partial charge in [-0.3, -0.25) is 0 Å². The van der Waals surface area contributed by atoms with Crippen LogP contribution in [0.2, 0.25) is 0 Å². The van der Waals surface area contributed by atoms with E-state index in [4.69, 9.17) is 0 Å². The van der Waals surface area contributed by atoms with Crippen LogP contribution in [0.5, 0.6) is 0 Å². The Bertz CT molecular complexity index is 23.7. The van der Waals surface area contributed by atoms with Gasteiger partial charge in [-0.25, -0.2) is 0 Å². The fraction of sp³-hybridized carbons (Fsp3) is 1.00. The Balaban J connectivity index is 0. The molecule has 0 aromatic carbocycles. The van der Waals surface area contributed by atoms with E-state index < -0.39 is 0 Å². The van der Waals surface area contributed by atoms with Gasteiger partial charge in [0.05, 0.1) is 0 Å². The molecule has 0 aromatic heterocycles. The van der Waals surface area contributed by atoms with E-state index in [0.29, 0.717) is 0 Å². The molecule has 0 fully saturated rings. The van der Waals surface area contributed by atoms with Crippen molar-refractivity contribution in [3.05, 3.63) is 0 Å². The Morgan fingerprint density at radius 3 is 1.67 bits per heavy atom. The molecule has 0 spiro atoms. The van der Waals surface area contributed by atoms with E-state index in [1.54, 1.807) is 0 Å². The molecule has 0 saturated heterocycles. The summed E-state index contributed by atoms with van der Waals surface area (Å²) in [7, 11) is 1.16. The zero-order valence-corrected chi connectivity index (χ0v) is 8.33. The summed E-state index contributed by atoms with van der Waals surface area (Å²) in [6.07, 6.45) is 5.48. The molecule has 1 atom stereocenters. The van der Waals surface area contributed by atoms with Gasteiger partial charge in [0.2, 0.25) is 0 Å². The predicted molar refractivity (Wildman–Crippen MR) is 50.0 cm³/mol. The summed E-state index contributed by atoms with van der Waals surface area (Å²) >= 11 is 0. The van der Waals surface area contributed by atoms with Crippen LogP contribution < -0.4 is 0 Å². The summed E-state index contributed by atoms with van der Waals surface area (Å²) in [4.78, 5) is 0. The highest BCUT2D eigenvalue weighted by Crippen LogP contribution is 2.04. The molecule has 0 amide bonds. The fourth-order valence-corrected chi connectivity index (χ4v) is 1.06. The molecular formula is C8H21P. The quantitative estimate of drug-likeness (QED) is 0.424. The van der Waals surface area contributed by atoms with Crippen molar-refractivity contribution in [2.75, 3.05) is 12.8 Å². The second kappa shape index (κ2) is 15.8. The van der Waals surface area contributed by atoms with Crippen molar-refractivity contribution in [2.45, 2.75) is 40.0 Å². The van der Waals surface area contributed by atoms with Gasteiger partial charge in [-0.1, -0.05) is 33.6 Å². The van der Waals surface area contributed by atoms with Crippen LogP contribution in [0.25, 0.3) is 0 Å². The van der Waals surface area contributed by atoms with Crippen LogP contribution in [-0.4, -0.2) is 12.8 Å². The summed E-state index contributed by atoms with van der Waals surface area (Å²) in [6.45, 7) is 8.75. The molecule has 0 rings (SSSR count). The number of hydrogen-bond acceptors (Lipinski definition) is 0. The van der Waals surface area contributed by atoms with E-state index in [1.807, 2.05) is 0 Å². The highest BCUT2D eigenvalue weighted by Gasteiger charge is 1.74. The molecule has 0 bridgehead atoms. The minimum atomic E-state index is 1.16. The van der Waals surface area contributed by atoms with Crippen molar-refractivity contribution < 1.29 is 0 Å². The van der Waals surface area contributed by atoms with Gasteiger partial charge < -0.3 is 0 Å². The maximum Gasteiger partial charge on any atom is -0.0356 e. The third kappa shape index (κ3) is 29.6. The highest BCUT2D eigenvalue weighted by molar-refractivity contribution is 7.36. The van der Waals surface area contributed by atoms with Crippen molar-refractivity contribution in [1.29, 1.82) is 0 Å². The molecule has 0 saturated carbocycles. The van der Waals surface area contributed by atoms with Gasteiger partial charge in [-0.15, -0.1) is 8.58 Å². The standard InChI is InChI=1S/C5H13P.C3H8/c1-3-4-5-6-2;1-3-2/h6H,3-5H2,1-2H3;3H2,1-2H3. The van der Waals surface area contributed by atoms with Gasteiger partial charge in [-0.2, -0.15) is 0 Å². The van der Waals surface area contributed by atoms with Crippen molar-refractivity contribution in [1.82, 2.24) is 0 Å². The number of rotatable bonds is 3. The first-order valence-corrected chi connectivity index (χ1v) is 5.68. The molecule has 0 aliphatic rings. The van der Waals surface area contributed by atoms with Gasteiger partial charge >= 0.3 is 0 Å². The van der Waals surface area contributed by atoms with Crippen LogP contribution in [0, 0.1) is 0 Å². The maximum atomic E-state index is 2.26.